The Balaban J connectivity index is 2.73. The third kappa shape index (κ3) is 3.49. The lowest BCUT2D eigenvalue weighted by Crippen LogP contribution is -2.43. The van der Waals surface area contributed by atoms with Crippen molar-refractivity contribution in [2.75, 3.05) is 14.1 Å². The summed E-state index contributed by atoms with van der Waals surface area (Å²) < 4.78 is 0. The van der Waals surface area contributed by atoms with Crippen molar-refractivity contribution < 1.29 is 4.79 Å². The van der Waals surface area contributed by atoms with Gasteiger partial charge in [0.1, 0.15) is 0 Å². The van der Waals surface area contributed by atoms with E-state index in [4.69, 9.17) is 0 Å². The van der Waals surface area contributed by atoms with E-state index < -0.39 is 5.41 Å². The Hall–Kier alpha value is -2.19. The fourth-order valence-corrected chi connectivity index (χ4v) is 3.19. The molecule has 0 saturated carbocycles. The predicted molar refractivity (Wildman–Crippen MR) is 101 cm³/mol. The molecule has 0 radical (unpaired) electrons. The van der Waals surface area contributed by atoms with Crippen LogP contribution in [-0.2, 0) is 10.2 Å². The average molecular weight is 321 g/mol. The van der Waals surface area contributed by atoms with Gasteiger partial charge in [-0.05, 0) is 51.1 Å². The van der Waals surface area contributed by atoms with Crippen LogP contribution in [-0.4, -0.2) is 30.8 Å². The minimum Gasteiger partial charge on any atom is -0.307 e. The van der Waals surface area contributed by atoms with E-state index >= 15 is 0 Å². The second-order valence-electron chi connectivity index (χ2n) is 6.76. The molecular formula is C22H27NO. The van der Waals surface area contributed by atoms with Crippen LogP contribution < -0.4 is 0 Å². The number of nitrogens with zero attached hydrogens (tertiary/aromatic N) is 1. The molecule has 0 spiro atoms. The number of carbonyl (C=O) groups is 1. The summed E-state index contributed by atoms with van der Waals surface area (Å²) in [6, 6.07) is 20.4. The van der Waals surface area contributed by atoms with Crippen LogP contribution in [0.25, 0.3) is 0 Å². The summed E-state index contributed by atoms with van der Waals surface area (Å²) >= 11 is 0. The van der Waals surface area contributed by atoms with Crippen LogP contribution in [0.4, 0.5) is 0 Å². The largest absolute Gasteiger partial charge is 0.307 e. The number of benzene rings is 2. The first-order chi connectivity index (χ1) is 11.4. The maximum Gasteiger partial charge on any atom is 0.172 e. The van der Waals surface area contributed by atoms with Gasteiger partial charge in [0.15, 0.2) is 5.78 Å². The fraction of sp³-hybridized carbons (Fsp3) is 0.318. The molecule has 0 saturated heterocycles. The summed E-state index contributed by atoms with van der Waals surface area (Å²) in [6.45, 7) is 7.93. The molecule has 0 fully saturated rings. The Morgan fingerprint density at radius 1 is 1.00 bits per heavy atom. The van der Waals surface area contributed by atoms with Crippen LogP contribution in [0.3, 0.4) is 0 Å². The molecule has 2 rings (SSSR count). The zero-order valence-corrected chi connectivity index (χ0v) is 15.1. The monoisotopic (exact) mass is 321 g/mol. The fourth-order valence-electron chi connectivity index (χ4n) is 3.19. The lowest BCUT2D eigenvalue weighted by Gasteiger charge is -2.38. The smallest absolute Gasteiger partial charge is 0.172 e. The highest BCUT2D eigenvalue weighted by atomic mass is 16.1. The molecule has 0 aliphatic rings. The highest BCUT2D eigenvalue weighted by Crippen LogP contribution is 2.40. The summed E-state index contributed by atoms with van der Waals surface area (Å²) in [4.78, 5) is 15.6. The Morgan fingerprint density at radius 3 is 1.75 bits per heavy atom. The molecule has 0 heterocycles. The van der Waals surface area contributed by atoms with E-state index in [1.165, 1.54) is 0 Å². The van der Waals surface area contributed by atoms with E-state index in [2.05, 4.69) is 56.8 Å². The van der Waals surface area contributed by atoms with Gasteiger partial charge in [-0.1, -0.05) is 67.2 Å². The van der Waals surface area contributed by atoms with Crippen LogP contribution in [0, 0.1) is 0 Å². The molecule has 126 valence electrons. The van der Waals surface area contributed by atoms with E-state index in [1.807, 2.05) is 43.3 Å². The van der Waals surface area contributed by atoms with E-state index in [-0.39, 0.29) is 11.8 Å². The Kier molecular flexibility index (Phi) is 5.74. The Labute approximate surface area is 145 Å². The van der Waals surface area contributed by atoms with Gasteiger partial charge in [-0.3, -0.25) is 4.79 Å². The highest BCUT2D eigenvalue weighted by Gasteiger charge is 2.43. The summed E-state index contributed by atoms with van der Waals surface area (Å²) in [7, 11) is 4.10. The molecule has 2 aromatic carbocycles. The number of rotatable bonds is 7. The standard InChI is InChI=1S/C22H27NO/c1-17(2)21(24)22(16-18(3)23(4)5,19-12-8-6-9-13-19)20-14-10-7-11-15-20/h6-15,18H,1,16H2,2-5H3/t18-/m0/s1. The van der Waals surface area contributed by atoms with Gasteiger partial charge in [-0.2, -0.15) is 0 Å². The molecule has 0 bridgehead atoms. The van der Waals surface area contributed by atoms with Gasteiger partial charge in [0, 0.05) is 6.04 Å². The first-order valence-corrected chi connectivity index (χ1v) is 8.37. The van der Waals surface area contributed by atoms with E-state index in [1.54, 1.807) is 0 Å². The summed E-state index contributed by atoms with van der Waals surface area (Å²) in [5.41, 5.74) is 1.93. The van der Waals surface area contributed by atoms with E-state index in [0.29, 0.717) is 12.0 Å². The first-order valence-electron chi connectivity index (χ1n) is 8.37. The van der Waals surface area contributed by atoms with Crippen LogP contribution in [0.2, 0.25) is 0 Å². The van der Waals surface area contributed by atoms with Crippen molar-refractivity contribution in [2.24, 2.45) is 0 Å². The lowest BCUT2D eigenvalue weighted by atomic mass is 9.66. The lowest BCUT2D eigenvalue weighted by molar-refractivity contribution is -0.120. The highest BCUT2D eigenvalue weighted by molar-refractivity contribution is 6.05. The number of Topliss-reactive ketones (excluding diaryl/α,β-unsaturated/α-hetero) is 1. The molecule has 0 N–H and O–H groups in total. The molecule has 0 aromatic heterocycles. The molecule has 0 aliphatic carbocycles. The molecular weight excluding hydrogens is 294 g/mol. The van der Waals surface area contributed by atoms with Crippen molar-refractivity contribution in [3.05, 3.63) is 83.9 Å². The van der Waals surface area contributed by atoms with Crippen LogP contribution in [0.1, 0.15) is 31.4 Å². The first kappa shape index (κ1) is 18.2. The van der Waals surface area contributed by atoms with Gasteiger partial charge in [0.05, 0.1) is 5.41 Å². The molecule has 1 atom stereocenters. The zero-order valence-electron chi connectivity index (χ0n) is 15.1. The van der Waals surface area contributed by atoms with Gasteiger partial charge < -0.3 is 4.90 Å². The maximum absolute atomic E-state index is 13.4. The van der Waals surface area contributed by atoms with Crippen molar-refractivity contribution in [2.45, 2.75) is 31.7 Å². The summed E-state index contributed by atoms with van der Waals surface area (Å²) in [5.74, 6) is 0.0913. The number of hydrogen-bond donors (Lipinski definition) is 0. The minimum atomic E-state index is -0.710. The van der Waals surface area contributed by atoms with Crippen LogP contribution in [0.15, 0.2) is 72.8 Å². The number of carbonyl (C=O) groups excluding carboxylic acids is 1. The van der Waals surface area contributed by atoms with Gasteiger partial charge >= 0.3 is 0 Å². The summed E-state index contributed by atoms with van der Waals surface area (Å²) in [5, 5.41) is 0. The second kappa shape index (κ2) is 7.59. The van der Waals surface area contributed by atoms with Gasteiger partial charge in [-0.25, -0.2) is 0 Å². The third-order valence-electron chi connectivity index (χ3n) is 4.79. The Bertz CT molecular complexity index is 649. The SMILES string of the molecule is C=C(C)C(=O)C(C[C@H](C)N(C)C)(c1ccccc1)c1ccccc1. The predicted octanol–water partition coefficient (Wildman–Crippen LogP) is 4.46. The average Bonchev–Trinajstić information content (AvgIpc) is 2.60. The van der Waals surface area contributed by atoms with E-state index in [9.17, 15) is 4.79 Å². The van der Waals surface area contributed by atoms with E-state index in [0.717, 1.165) is 11.1 Å². The third-order valence-corrected chi connectivity index (χ3v) is 4.79. The van der Waals surface area contributed by atoms with Crippen molar-refractivity contribution in [3.63, 3.8) is 0 Å². The van der Waals surface area contributed by atoms with Crippen molar-refractivity contribution in [1.82, 2.24) is 4.90 Å². The quantitative estimate of drug-likeness (QED) is 0.702. The molecule has 0 aliphatic heterocycles. The zero-order chi connectivity index (χ0) is 17.7. The number of allylic oxidation sites excluding steroid dienone is 1. The van der Waals surface area contributed by atoms with Crippen molar-refractivity contribution in [1.29, 1.82) is 0 Å². The number of ketones is 1. The van der Waals surface area contributed by atoms with Gasteiger partial charge in [-0.15, -0.1) is 0 Å². The number of hydrogen-bond acceptors (Lipinski definition) is 2. The van der Waals surface area contributed by atoms with Crippen molar-refractivity contribution in [3.8, 4) is 0 Å². The Morgan fingerprint density at radius 2 is 1.42 bits per heavy atom. The summed E-state index contributed by atoms with van der Waals surface area (Å²) in [6.07, 6.45) is 0.708. The topological polar surface area (TPSA) is 20.3 Å². The maximum atomic E-state index is 13.4. The molecule has 2 nitrogen and oxygen atoms in total. The van der Waals surface area contributed by atoms with Gasteiger partial charge in [0.25, 0.3) is 0 Å². The molecule has 0 amide bonds. The molecule has 2 heteroatoms. The van der Waals surface area contributed by atoms with Gasteiger partial charge in [0.2, 0.25) is 0 Å². The minimum absolute atomic E-state index is 0.0913. The molecule has 2 aromatic rings. The molecule has 0 unspecified atom stereocenters. The normalized spacial score (nSPS) is 12.9. The van der Waals surface area contributed by atoms with Crippen LogP contribution in [0.5, 0.6) is 0 Å². The second-order valence-corrected chi connectivity index (χ2v) is 6.76. The molecule has 24 heavy (non-hydrogen) atoms. The van der Waals surface area contributed by atoms with Crippen molar-refractivity contribution >= 4 is 5.78 Å². The van der Waals surface area contributed by atoms with Crippen LogP contribution >= 0.6 is 0 Å².